The second-order valence-electron chi connectivity index (χ2n) is 5.70. The fourth-order valence-corrected chi connectivity index (χ4v) is 3.85. The van der Waals surface area contributed by atoms with E-state index in [1.54, 1.807) is 0 Å². The van der Waals surface area contributed by atoms with Crippen LogP contribution in [0.4, 0.5) is 5.13 Å². The molecule has 110 valence electrons. The zero-order valence-electron chi connectivity index (χ0n) is 11.6. The molecule has 2 aliphatic rings. The van der Waals surface area contributed by atoms with E-state index in [2.05, 4.69) is 15.5 Å². The lowest BCUT2D eigenvalue weighted by Gasteiger charge is -2.20. The molecule has 1 N–H and O–H groups in total. The summed E-state index contributed by atoms with van der Waals surface area (Å²) in [6, 6.07) is 0. The van der Waals surface area contributed by atoms with Crippen LogP contribution in [0, 0.1) is 5.92 Å². The summed E-state index contributed by atoms with van der Waals surface area (Å²) < 4.78 is 5.57. The van der Waals surface area contributed by atoms with Crippen LogP contribution in [0.1, 0.15) is 62.5 Å². The van der Waals surface area contributed by atoms with Crippen molar-refractivity contribution in [2.24, 2.45) is 5.92 Å². The van der Waals surface area contributed by atoms with Gasteiger partial charge >= 0.3 is 0 Å². The normalized spacial score (nSPS) is 23.9. The zero-order chi connectivity index (χ0) is 13.8. The van der Waals surface area contributed by atoms with Gasteiger partial charge in [-0.05, 0) is 31.6 Å². The van der Waals surface area contributed by atoms with Gasteiger partial charge in [-0.2, -0.15) is 0 Å². The number of hydrogen-bond acceptors (Lipinski definition) is 5. The van der Waals surface area contributed by atoms with Crippen molar-refractivity contribution in [3.63, 3.8) is 0 Å². The molecule has 2 fully saturated rings. The molecule has 2 heterocycles. The van der Waals surface area contributed by atoms with Crippen LogP contribution in [0.3, 0.4) is 0 Å². The van der Waals surface area contributed by atoms with E-state index in [0.29, 0.717) is 17.5 Å². The number of aromatic nitrogens is 2. The average Bonchev–Trinajstić information content (AvgIpc) is 3.10. The lowest BCUT2D eigenvalue weighted by molar-refractivity contribution is -0.117. The maximum atomic E-state index is 12.0. The van der Waals surface area contributed by atoms with Gasteiger partial charge in [0.25, 0.3) is 0 Å². The summed E-state index contributed by atoms with van der Waals surface area (Å²) in [5, 5.41) is 12.6. The van der Waals surface area contributed by atoms with Crippen molar-refractivity contribution in [3.05, 3.63) is 5.01 Å². The van der Waals surface area contributed by atoms with Gasteiger partial charge in [0.05, 0.1) is 0 Å². The van der Waals surface area contributed by atoms with E-state index in [1.807, 2.05) is 0 Å². The molecule has 0 bridgehead atoms. The fourth-order valence-electron chi connectivity index (χ4n) is 3.01. The molecule has 1 aliphatic carbocycles. The van der Waals surface area contributed by atoms with Gasteiger partial charge in [0.15, 0.2) is 0 Å². The standard InChI is InChI=1S/C14H21N3O2S/c18-12(9-10-5-2-1-3-6-10)15-14-17-16-13(20-14)11-7-4-8-19-11/h10-11H,1-9H2,(H,15,17,18)/t11-/m0/s1. The third kappa shape index (κ3) is 3.55. The number of anilines is 1. The van der Waals surface area contributed by atoms with E-state index in [1.165, 1.54) is 43.4 Å². The molecular weight excluding hydrogens is 274 g/mol. The van der Waals surface area contributed by atoms with Crippen molar-refractivity contribution in [2.45, 2.75) is 57.5 Å². The third-order valence-electron chi connectivity index (χ3n) is 4.09. The van der Waals surface area contributed by atoms with Crippen molar-refractivity contribution >= 4 is 22.4 Å². The molecule has 1 aromatic heterocycles. The number of carbonyl (C=O) groups excluding carboxylic acids is 1. The van der Waals surface area contributed by atoms with Crippen molar-refractivity contribution in [1.82, 2.24) is 10.2 Å². The number of carbonyl (C=O) groups is 1. The van der Waals surface area contributed by atoms with Crippen LogP contribution in [-0.4, -0.2) is 22.7 Å². The van der Waals surface area contributed by atoms with E-state index in [4.69, 9.17) is 4.74 Å². The molecule has 5 nitrogen and oxygen atoms in total. The second kappa shape index (κ2) is 6.63. The summed E-state index contributed by atoms with van der Waals surface area (Å²) in [5.74, 6) is 0.626. The van der Waals surface area contributed by atoms with Crippen LogP contribution >= 0.6 is 11.3 Å². The van der Waals surface area contributed by atoms with Crippen LogP contribution in [-0.2, 0) is 9.53 Å². The van der Waals surface area contributed by atoms with Gasteiger partial charge in [-0.1, -0.05) is 30.6 Å². The van der Waals surface area contributed by atoms with Crippen LogP contribution in [0.5, 0.6) is 0 Å². The lowest BCUT2D eigenvalue weighted by atomic mass is 9.87. The van der Waals surface area contributed by atoms with Gasteiger partial charge in [-0.25, -0.2) is 0 Å². The molecule has 1 saturated carbocycles. The van der Waals surface area contributed by atoms with Crippen molar-refractivity contribution in [3.8, 4) is 0 Å². The highest BCUT2D eigenvalue weighted by Crippen LogP contribution is 2.32. The summed E-state index contributed by atoms with van der Waals surface area (Å²) in [6.45, 7) is 0.799. The molecular formula is C14H21N3O2S. The van der Waals surface area contributed by atoms with Crippen molar-refractivity contribution in [1.29, 1.82) is 0 Å². The maximum absolute atomic E-state index is 12.0. The van der Waals surface area contributed by atoms with E-state index in [-0.39, 0.29) is 12.0 Å². The summed E-state index contributed by atoms with van der Waals surface area (Å²) in [5.41, 5.74) is 0. The van der Waals surface area contributed by atoms with E-state index >= 15 is 0 Å². The van der Waals surface area contributed by atoms with Gasteiger partial charge in [0, 0.05) is 13.0 Å². The SMILES string of the molecule is O=C(CC1CCCCC1)Nc1nnc([C@@H]2CCCO2)s1. The topological polar surface area (TPSA) is 64.1 Å². The molecule has 1 amide bonds. The van der Waals surface area contributed by atoms with Crippen molar-refractivity contribution < 1.29 is 9.53 Å². The Morgan fingerprint density at radius 2 is 2.05 bits per heavy atom. The Balaban J connectivity index is 1.50. The first-order valence-electron chi connectivity index (χ1n) is 7.56. The Morgan fingerprint density at radius 3 is 2.80 bits per heavy atom. The number of nitrogens with one attached hydrogen (secondary N) is 1. The Labute approximate surface area is 123 Å². The predicted octanol–water partition coefficient (Wildman–Crippen LogP) is 3.30. The molecule has 0 aromatic carbocycles. The van der Waals surface area contributed by atoms with Gasteiger partial charge in [0.1, 0.15) is 11.1 Å². The molecule has 0 unspecified atom stereocenters. The first-order chi connectivity index (χ1) is 9.81. The zero-order valence-corrected chi connectivity index (χ0v) is 12.5. The summed E-state index contributed by atoms with van der Waals surface area (Å²) in [7, 11) is 0. The smallest absolute Gasteiger partial charge is 0.226 e. The van der Waals surface area contributed by atoms with Crippen LogP contribution < -0.4 is 5.32 Å². The monoisotopic (exact) mass is 295 g/mol. The molecule has 0 radical (unpaired) electrons. The number of amides is 1. The minimum atomic E-state index is 0.0759. The van der Waals surface area contributed by atoms with Gasteiger partial charge in [0.2, 0.25) is 11.0 Å². The molecule has 20 heavy (non-hydrogen) atoms. The minimum Gasteiger partial charge on any atom is -0.371 e. The van der Waals surface area contributed by atoms with Crippen LogP contribution in [0.15, 0.2) is 0 Å². The highest BCUT2D eigenvalue weighted by molar-refractivity contribution is 7.15. The number of rotatable bonds is 4. The Kier molecular flexibility index (Phi) is 4.62. The lowest BCUT2D eigenvalue weighted by Crippen LogP contribution is -2.18. The molecule has 3 rings (SSSR count). The molecule has 1 aromatic rings. The predicted molar refractivity (Wildman–Crippen MR) is 77.7 cm³/mol. The number of nitrogens with zero attached hydrogens (tertiary/aromatic N) is 2. The minimum absolute atomic E-state index is 0.0759. The molecule has 6 heteroatoms. The second-order valence-corrected chi connectivity index (χ2v) is 6.71. The Morgan fingerprint density at radius 1 is 1.20 bits per heavy atom. The summed E-state index contributed by atoms with van der Waals surface area (Å²) in [4.78, 5) is 12.0. The largest absolute Gasteiger partial charge is 0.371 e. The summed E-state index contributed by atoms with van der Waals surface area (Å²) in [6.07, 6.45) is 9.00. The van der Waals surface area contributed by atoms with Crippen molar-refractivity contribution in [2.75, 3.05) is 11.9 Å². The number of hydrogen-bond donors (Lipinski definition) is 1. The van der Waals surface area contributed by atoms with Crippen LogP contribution in [0.25, 0.3) is 0 Å². The quantitative estimate of drug-likeness (QED) is 0.925. The molecule has 0 spiro atoms. The Hall–Kier alpha value is -1.01. The Bertz CT molecular complexity index is 451. The van der Waals surface area contributed by atoms with E-state index < -0.39 is 0 Å². The highest BCUT2D eigenvalue weighted by Gasteiger charge is 2.23. The molecule has 1 saturated heterocycles. The third-order valence-corrected chi connectivity index (χ3v) is 5.02. The van der Waals surface area contributed by atoms with Gasteiger partial charge in [-0.15, -0.1) is 10.2 Å². The maximum Gasteiger partial charge on any atom is 0.226 e. The first kappa shape index (κ1) is 13.9. The molecule has 1 atom stereocenters. The summed E-state index contributed by atoms with van der Waals surface area (Å²) >= 11 is 1.44. The van der Waals surface area contributed by atoms with Gasteiger partial charge < -0.3 is 10.1 Å². The van der Waals surface area contributed by atoms with E-state index in [9.17, 15) is 4.79 Å². The number of ether oxygens (including phenoxy) is 1. The first-order valence-corrected chi connectivity index (χ1v) is 8.38. The molecule has 1 aliphatic heterocycles. The average molecular weight is 295 g/mol. The van der Waals surface area contributed by atoms with Gasteiger partial charge in [-0.3, -0.25) is 4.79 Å². The van der Waals surface area contributed by atoms with E-state index in [0.717, 1.165) is 24.5 Å². The highest BCUT2D eigenvalue weighted by atomic mass is 32.1. The fraction of sp³-hybridized carbons (Fsp3) is 0.786. The van der Waals surface area contributed by atoms with Crippen LogP contribution in [0.2, 0.25) is 0 Å².